The van der Waals surface area contributed by atoms with Crippen molar-refractivity contribution in [2.24, 2.45) is 0 Å². The molecule has 2 rings (SSSR count). The largest absolute Gasteiger partial charge is 0.473 e. The molecule has 1 saturated heterocycles. The van der Waals surface area contributed by atoms with Crippen molar-refractivity contribution >= 4 is 16.5 Å². The van der Waals surface area contributed by atoms with Gasteiger partial charge in [0.15, 0.2) is 10.2 Å². The molecule has 1 aliphatic rings. The summed E-state index contributed by atoms with van der Waals surface area (Å²) in [5.41, 5.74) is 0.942. The first kappa shape index (κ1) is 10.7. The summed E-state index contributed by atoms with van der Waals surface area (Å²) >= 11 is 1.61. The Balaban J connectivity index is 2.14. The zero-order chi connectivity index (χ0) is 11.1. The fourth-order valence-electron chi connectivity index (χ4n) is 1.43. The Labute approximate surface area is 94.3 Å². The third kappa shape index (κ3) is 2.08. The van der Waals surface area contributed by atoms with Crippen LogP contribution in [-0.2, 0) is 0 Å². The highest BCUT2D eigenvalue weighted by atomic mass is 32.1. The Morgan fingerprint density at radius 1 is 1.47 bits per heavy atom. The van der Waals surface area contributed by atoms with Crippen LogP contribution in [0.1, 0.15) is 12.6 Å². The molecule has 0 atom stereocenters. The van der Waals surface area contributed by atoms with Gasteiger partial charge in [0.05, 0.1) is 5.69 Å². The van der Waals surface area contributed by atoms with Crippen LogP contribution < -0.4 is 15.0 Å². The van der Waals surface area contributed by atoms with Gasteiger partial charge in [-0.2, -0.15) is 0 Å². The Hall–Kier alpha value is -0.810. The van der Waals surface area contributed by atoms with E-state index in [0.29, 0.717) is 0 Å². The fraction of sp³-hybridized carbons (Fsp3) is 0.700. The molecule has 0 unspecified atom stereocenters. The highest BCUT2D eigenvalue weighted by Crippen LogP contribution is 2.34. The first-order valence-electron chi connectivity index (χ1n) is 5.05. The maximum absolute atomic E-state index is 5.97. The molecule has 1 aromatic rings. The van der Waals surface area contributed by atoms with E-state index in [4.69, 9.17) is 4.74 Å². The van der Waals surface area contributed by atoms with Gasteiger partial charge in [-0.15, -0.1) is 0 Å². The summed E-state index contributed by atoms with van der Waals surface area (Å²) in [4.78, 5) is 6.46. The maximum atomic E-state index is 5.97. The summed E-state index contributed by atoms with van der Waals surface area (Å²) in [6.45, 7) is 5.95. The van der Waals surface area contributed by atoms with Crippen LogP contribution in [-0.4, -0.2) is 37.8 Å². The van der Waals surface area contributed by atoms with Crippen molar-refractivity contribution in [3.8, 4) is 5.06 Å². The van der Waals surface area contributed by atoms with Crippen LogP contribution in [0.15, 0.2) is 0 Å². The number of nitrogens with zero attached hydrogens (tertiary/aromatic N) is 2. The van der Waals surface area contributed by atoms with Crippen LogP contribution in [0.3, 0.4) is 0 Å². The molecule has 1 fully saturated rings. The van der Waals surface area contributed by atoms with Crippen molar-refractivity contribution in [3.05, 3.63) is 5.69 Å². The predicted molar refractivity (Wildman–Crippen MR) is 63.1 cm³/mol. The van der Waals surface area contributed by atoms with Gasteiger partial charge >= 0.3 is 0 Å². The van der Waals surface area contributed by atoms with Gasteiger partial charge in [0.25, 0.3) is 0 Å². The monoisotopic (exact) mass is 227 g/mol. The van der Waals surface area contributed by atoms with Crippen molar-refractivity contribution in [2.45, 2.75) is 19.4 Å². The lowest BCUT2D eigenvalue weighted by molar-refractivity contribution is 0.0378. The van der Waals surface area contributed by atoms with Crippen molar-refractivity contribution in [1.82, 2.24) is 10.3 Å². The molecule has 1 N–H and O–H groups in total. The van der Waals surface area contributed by atoms with E-state index in [1.54, 1.807) is 11.3 Å². The van der Waals surface area contributed by atoms with Gasteiger partial charge in [0, 0.05) is 27.2 Å². The van der Waals surface area contributed by atoms with Gasteiger partial charge < -0.3 is 15.0 Å². The molecule has 1 aromatic heterocycles. The van der Waals surface area contributed by atoms with Crippen molar-refractivity contribution < 1.29 is 4.74 Å². The number of ether oxygens (including phenoxy) is 1. The second kappa shape index (κ2) is 3.64. The summed E-state index contributed by atoms with van der Waals surface area (Å²) in [7, 11) is 3.99. The number of hydrogen-bond acceptors (Lipinski definition) is 5. The number of hydrogen-bond donors (Lipinski definition) is 1. The van der Waals surface area contributed by atoms with E-state index in [-0.39, 0.29) is 5.60 Å². The minimum atomic E-state index is -0.0408. The summed E-state index contributed by atoms with van der Waals surface area (Å²) in [5, 5.41) is 5.17. The summed E-state index contributed by atoms with van der Waals surface area (Å²) < 4.78 is 5.97. The van der Waals surface area contributed by atoms with Crippen LogP contribution in [0, 0.1) is 6.92 Å². The molecular formula is C10H17N3OS. The lowest BCUT2D eigenvalue weighted by Gasteiger charge is -2.38. The van der Waals surface area contributed by atoms with E-state index in [2.05, 4.69) is 17.2 Å². The number of anilines is 1. The minimum Gasteiger partial charge on any atom is -0.473 e. The van der Waals surface area contributed by atoms with Gasteiger partial charge in [-0.05, 0) is 13.8 Å². The molecule has 84 valence electrons. The standard InChI is InChI=1S/C10H17N3OS/c1-7-8(14-10(2)5-11-6-10)15-9(12-7)13(3)4/h11H,5-6H2,1-4H3. The highest BCUT2D eigenvalue weighted by molar-refractivity contribution is 7.17. The van der Waals surface area contributed by atoms with Crippen molar-refractivity contribution in [1.29, 1.82) is 0 Å². The lowest BCUT2D eigenvalue weighted by Crippen LogP contribution is -2.60. The average Bonchev–Trinajstić information content (AvgIpc) is 2.45. The molecular weight excluding hydrogens is 210 g/mol. The highest BCUT2D eigenvalue weighted by Gasteiger charge is 2.35. The quantitative estimate of drug-likeness (QED) is 0.843. The van der Waals surface area contributed by atoms with Gasteiger partial charge in [0.2, 0.25) is 0 Å². The fourth-order valence-corrected chi connectivity index (χ4v) is 2.39. The Morgan fingerprint density at radius 2 is 2.13 bits per heavy atom. The zero-order valence-corrected chi connectivity index (χ0v) is 10.4. The number of nitrogens with one attached hydrogen (secondary N) is 1. The third-order valence-electron chi connectivity index (χ3n) is 2.46. The number of rotatable bonds is 3. The van der Waals surface area contributed by atoms with Gasteiger partial charge in [-0.1, -0.05) is 11.3 Å². The summed E-state index contributed by atoms with van der Waals surface area (Å²) in [5.74, 6) is 0. The molecule has 0 radical (unpaired) electrons. The smallest absolute Gasteiger partial charge is 0.199 e. The van der Waals surface area contributed by atoms with E-state index in [1.165, 1.54) is 0 Å². The van der Waals surface area contributed by atoms with Crippen LogP contribution >= 0.6 is 11.3 Å². The molecule has 0 aromatic carbocycles. The molecule has 0 aliphatic carbocycles. The Bertz CT molecular complexity index is 358. The van der Waals surface area contributed by atoms with Crippen molar-refractivity contribution in [2.75, 3.05) is 32.1 Å². The first-order chi connectivity index (χ1) is 7.00. The number of aryl methyl sites for hydroxylation is 1. The normalized spacial score (nSPS) is 18.4. The molecule has 5 heteroatoms. The molecule has 0 spiro atoms. The molecule has 4 nitrogen and oxygen atoms in total. The second-order valence-corrected chi connectivity index (χ2v) is 5.36. The van der Waals surface area contributed by atoms with Gasteiger partial charge in [-0.3, -0.25) is 0 Å². The molecule has 1 aliphatic heterocycles. The summed E-state index contributed by atoms with van der Waals surface area (Å²) in [6, 6.07) is 0. The van der Waals surface area contributed by atoms with Crippen LogP contribution in [0.5, 0.6) is 5.06 Å². The molecule has 2 heterocycles. The van der Waals surface area contributed by atoms with Gasteiger partial charge in [0.1, 0.15) is 5.60 Å². The van der Waals surface area contributed by atoms with E-state index in [0.717, 1.165) is 29.0 Å². The maximum Gasteiger partial charge on any atom is 0.199 e. The van der Waals surface area contributed by atoms with E-state index >= 15 is 0 Å². The Morgan fingerprint density at radius 3 is 2.53 bits per heavy atom. The van der Waals surface area contributed by atoms with Crippen LogP contribution in [0.2, 0.25) is 0 Å². The van der Waals surface area contributed by atoms with E-state index < -0.39 is 0 Å². The minimum absolute atomic E-state index is 0.0408. The van der Waals surface area contributed by atoms with Crippen molar-refractivity contribution in [3.63, 3.8) is 0 Å². The molecule has 0 bridgehead atoms. The number of aromatic nitrogens is 1. The van der Waals surface area contributed by atoms with Crippen LogP contribution in [0.25, 0.3) is 0 Å². The predicted octanol–water partition coefficient (Wildman–Crippen LogP) is 1.26. The van der Waals surface area contributed by atoms with Gasteiger partial charge in [-0.25, -0.2) is 4.98 Å². The molecule has 15 heavy (non-hydrogen) atoms. The Kier molecular flexibility index (Phi) is 2.60. The zero-order valence-electron chi connectivity index (χ0n) is 9.63. The van der Waals surface area contributed by atoms with E-state index in [1.807, 2.05) is 25.9 Å². The first-order valence-corrected chi connectivity index (χ1v) is 5.86. The average molecular weight is 227 g/mol. The molecule has 0 saturated carbocycles. The van der Waals surface area contributed by atoms with Crippen LogP contribution in [0.4, 0.5) is 5.13 Å². The SMILES string of the molecule is Cc1nc(N(C)C)sc1OC1(C)CNC1. The number of thiazole rings is 1. The third-order valence-corrected chi connectivity index (χ3v) is 3.67. The summed E-state index contributed by atoms with van der Waals surface area (Å²) in [6.07, 6.45) is 0. The topological polar surface area (TPSA) is 37.4 Å². The second-order valence-electron chi connectivity index (χ2n) is 4.42. The van der Waals surface area contributed by atoms with E-state index in [9.17, 15) is 0 Å². The lowest BCUT2D eigenvalue weighted by atomic mass is 10.0. The molecule has 0 amide bonds.